The molecule has 4 aromatic rings. The maximum absolute atomic E-state index is 13.3. The number of rotatable bonds is 12. The minimum Gasteiger partial charge on any atom is -0.480 e. The smallest absolute Gasteiger partial charge is 0.323 e. The Labute approximate surface area is 266 Å². The number of anilines is 2. The van der Waals surface area contributed by atoms with Crippen LogP contribution >= 0.6 is 0 Å². The molecule has 6 N–H and O–H groups in total. The topological polar surface area (TPSA) is 211 Å². The number of carbonyl (C=O) groups is 3. The Morgan fingerprint density at radius 2 is 1.76 bits per heavy atom. The molecule has 46 heavy (non-hydrogen) atoms. The zero-order valence-electron chi connectivity index (χ0n) is 24.3. The standard InChI is InChI=1S/C30H30N6O8S2/c1-36-17-24(27(37)23-11-2-18(14-26(23)36)15-34-30-31-12-13-32-30)28(38)33-16-25(29(39)40)35-46(43,44)22-9-5-20(6-10-22)19-3-7-21(8-4-19)45(41)42/h2-14,24-25,35H,15-17H2,1H3,(H,33,38)(H,39,40)(H,41,42)(H2,31,32,34)/t24?,25-/m0/s1. The molecule has 2 unspecified atom stereocenters. The molecule has 1 amide bonds. The van der Waals surface area contributed by atoms with Crippen LogP contribution in [0.5, 0.6) is 0 Å². The molecular formula is C30H30N6O8S2. The lowest BCUT2D eigenvalue weighted by Crippen LogP contribution is -2.51. The van der Waals surface area contributed by atoms with Crippen molar-refractivity contribution in [2.24, 2.45) is 5.92 Å². The lowest BCUT2D eigenvalue weighted by atomic mass is 9.89. The summed E-state index contributed by atoms with van der Waals surface area (Å²) in [6, 6.07) is 15.3. The summed E-state index contributed by atoms with van der Waals surface area (Å²) in [6.45, 7) is -0.0996. The molecule has 5 rings (SSSR count). The van der Waals surface area contributed by atoms with Crippen molar-refractivity contribution >= 4 is 50.4 Å². The number of hydrogen-bond acceptors (Lipinski definition) is 9. The highest BCUT2D eigenvalue weighted by molar-refractivity contribution is 7.89. The minimum atomic E-state index is -4.32. The van der Waals surface area contributed by atoms with E-state index < -0.39 is 57.3 Å². The first-order valence-corrected chi connectivity index (χ1v) is 16.5. The van der Waals surface area contributed by atoms with Crippen molar-refractivity contribution in [2.75, 3.05) is 30.4 Å². The first-order valence-electron chi connectivity index (χ1n) is 13.9. The molecule has 1 aromatic heterocycles. The minimum absolute atomic E-state index is 0.0448. The van der Waals surface area contributed by atoms with E-state index in [0.717, 1.165) is 5.56 Å². The Morgan fingerprint density at radius 3 is 2.37 bits per heavy atom. The van der Waals surface area contributed by atoms with Gasteiger partial charge in [-0.15, -0.1) is 0 Å². The number of sulfonamides is 1. The van der Waals surface area contributed by atoms with Gasteiger partial charge in [-0.1, -0.05) is 30.3 Å². The van der Waals surface area contributed by atoms with Crippen LogP contribution in [0, 0.1) is 5.92 Å². The Kier molecular flexibility index (Phi) is 9.62. The third-order valence-corrected chi connectivity index (χ3v) is 9.58. The molecule has 1 aliphatic rings. The maximum atomic E-state index is 13.3. The van der Waals surface area contributed by atoms with Crippen molar-refractivity contribution in [3.63, 3.8) is 0 Å². The van der Waals surface area contributed by atoms with E-state index in [9.17, 15) is 36.7 Å². The summed E-state index contributed by atoms with van der Waals surface area (Å²) in [5.74, 6) is -3.20. The summed E-state index contributed by atoms with van der Waals surface area (Å²) >= 11 is -2.13. The Hall–Kier alpha value is -4.90. The van der Waals surface area contributed by atoms with Gasteiger partial charge in [0.15, 0.2) is 22.8 Å². The predicted octanol–water partition coefficient (Wildman–Crippen LogP) is 2.07. The van der Waals surface area contributed by atoms with Gasteiger partial charge >= 0.3 is 5.97 Å². The molecule has 16 heteroatoms. The number of hydrogen-bond donors (Lipinski definition) is 6. The van der Waals surface area contributed by atoms with Gasteiger partial charge in [0, 0.05) is 50.3 Å². The van der Waals surface area contributed by atoms with Crippen molar-refractivity contribution < 1.29 is 36.7 Å². The molecule has 0 aliphatic carbocycles. The third-order valence-electron chi connectivity index (χ3n) is 7.42. The zero-order valence-corrected chi connectivity index (χ0v) is 26.0. The number of aliphatic carboxylic acids is 1. The molecule has 0 radical (unpaired) electrons. The fourth-order valence-corrected chi connectivity index (χ4v) is 6.51. The fourth-order valence-electron chi connectivity index (χ4n) is 4.95. The summed E-state index contributed by atoms with van der Waals surface area (Å²) in [4.78, 5) is 47.1. The fraction of sp³-hybridized carbons (Fsp3) is 0.200. The zero-order chi connectivity index (χ0) is 33.0. The summed E-state index contributed by atoms with van der Waals surface area (Å²) in [5, 5.41) is 15.3. The van der Waals surface area contributed by atoms with Crippen molar-refractivity contribution in [3.05, 3.63) is 90.3 Å². The molecule has 2 heterocycles. The van der Waals surface area contributed by atoms with E-state index in [0.29, 0.717) is 34.9 Å². The predicted molar refractivity (Wildman–Crippen MR) is 169 cm³/mol. The van der Waals surface area contributed by atoms with E-state index in [1.54, 1.807) is 48.6 Å². The number of ketones is 1. The number of nitrogens with zero attached hydrogens (tertiary/aromatic N) is 2. The molecule has 0 saturated heterocycles. The lowest BCUT2D eigenvalue weighted by molar-refractivity contribution is -0.139. The van der Waals surface area contributed by atoms with Crippen molar-refractivity contribution in [2.45, 2.75) is 22.4 Å². The number of amides is 1. The van der Waals surface area contributed by atoms with E-state index in [1.165, 1.54) is 36.4 Å². The molecule has 0 saturated carbocycles. The Balaban J connectivity index is 1.21. The molecule has 1 aliphatic heterocycles. The van der Waals surface area contributed by atoms with Gasteiger partial charge in [0.2, 0.25) is 15.9 Å². The van der Waals surface area contributed by atoms with Gasteiger partial charge in [0.05, 0.1) is 9.79 Å². The Bertz CT molecular complexity index is 1880. The molecule has 14 nitrogen and oxygen atoms in total. The van der Waals surface area contributed by atoms with Gasteiger partial charge in [0.1, 0.15) is 12.0 Å². The van der Waals surface area contributed by atoms with Crippen molar-refractivity contribution in [1.29, 1.82) is 0 Å². The van der Waals surface area contributed by atoms with Crippen LogP contribution in [0.1, 0.15) is 15.9 Å². The number of fused-ring (bicyclic) bond motifs is 1. The number of aromatic amines is 1. The molecule has 3 atom stereocenters. The number of H-pyrrole nitrogens is 1. The number of carbonyl (C=O) groups excluding carboxylic acids is 2. The van der Waals surface area contributed by atoms with Crippen LogP contribution in [-0.2, 0) is 37.2 Å². The normalized spacial score (nSPS) is 15.9. The van der Waals surface area contributed by atoms with Crippen LogP contribution in [0.2, 0.25) is 0 Å². The molecule has 0 bridgehead atoms. The van der Waals surface area contributed by atoms with E-state index in [1.807, 2.05) is 6.07 Å². The van der Waals surface area contributed by atoms with Gasteiger partial charge in [-0.2, -0.15) is 4.72 Å². The van der Waals surface area contributed by atoms with Crippen LogP contribution in [0.4, 0.5) is 11.6 Å². The highest BCUT2D eigenvalue weighted by Gasteiger charge is 2.36. The van der Waals surface area contributed by atoms with E-state index in [2.05, 4.69) is 25.3 Å². The molecule has 0 fully saturated rings. The van der Waals surface area contributed by atoms with Crippen molar-refractivity contribution in [3.8, 4) is 11.1 Å². The highest BCUT2D eigenvalue weighted by Crippen LogP contribution is 2.30. The summed E-state index contributed by atoms with van der Waals surface area (Å²) in [7, 11) is -2.58. The molecule has 3 aromatic carbocycles. The van der Waals surface area contributed by atoms with Crippen LogP contribution in [0.25, 0.3) is 11.1 Å². The van der Waals surface area contributed by atoms with Crippen molar-refractivity contribution in [1.82, 2.24) is 20.0 Å². The first-order chi connectivity index (χ1) is 21.9. The average Bonchev–Trinajstić information content (AvgIpc) is 3.57. The number of nitrogens with one attached hydrogen (secondary N) is 4. The number of carboxylic acid groups (broad SMARTS) is 1. The first kappa shape index (κ1) is 32.5. The SMILES string of the molecule is CN1CC(C(=O)NC[C@H](NS(=O)(=O)c2ccc(-c3ccc(S(=O)O)cc3)cc2)C(=O)O)C(=O)c2ccc(CNc3ncc[nH]3)cc21. The Morgan fingerprint density at radius 1 is 1.09 bits per heavy atom. The average molecular weight is 667 g/mol. The summed E-state index contributed by atoms with van der Waals surface area (Å²) in [5.41, 5.74) is 3.17. The second-order valence-corrected chi connectivity index (χ2v) is 13.2. The second-order valence-electron chi connectivity index (χ2n) is 10.5. The molecular weight excluding hydrogens is 636 g/mol. The van der Waals surface area contributed by atoms with Crippen LogP contribution in [-0.4, -0.2) is 76.1 Å². The van der Waals surface area contributed by atoms with E-state index in [4.69, 9.17) is 0 Å². The third kappa shape index (κ3) is 7.31. The van der Waals surface area contributed by atoms with Gasteiger partial charge in [-0.3, -0.25) is 14.4 Å². The van der Waals surface area contributed by atoms with Gasteiger partial charge < -0.3 is 30.2 Å². The summed E-state index contributed by atoms with van der Waals surface area (Å²) in [6.07, 6.45) is 3.31. The van der Waals surface area contributed by atoms with Gasteiger partial charge in [0.25, 0.3) is 0 Å². The van der Waals surface area contributed by atoms with Crippen LogP contribution in [0.3, 0.4) is 0 Å². The maximum Gasteiger partial charge on any atom is 0.323 e. The summed E-state index contributed by atoms with van der Waals surface area (Å²) < 4.78 is 48.5. The number of imidazole rings is 1. The number of benzene rings is 3. The van der Waals surface area contributed by atoms with Gasteiger partial charge in [-0.05, 0) is 53.1 Å². The van der Waals surface area contributed by atoms with Gasteiger partial charge in [-0.25, -0.2) is 17.6 Å². The molecule has 0 spiro atoms. The largest absolute Gasteiger partial charge is 0.480 e. The van der Waals surface area contributed by atoms with Crippen LogP contribution < -0.4 is 20.3 Å². The number of aromatic nitrogens is 2. The van der Waals surface area contributed by atoms with E-state index in [-0.39, 0.29) is 16.3 Å². The van der Waals surface area contributed by atoms with Crippen LogP contribution in [0.15, 0.2) is 88.9 Å². The van der Waals surface area contributed by atoms with E-state index >= 15 is 0 Å². The second kappa shape index (κ2) is 13.6. The number of Topliss-reactive ketones (excluding diaryl/α,β-unsaturated/α-hetero) is 1. The number of carboxylic acids is 1. The monoisotopic (exact) mass is 666 g/mol. The molecule has 240 valence electrons. The highest BCUT2D eigenvalue weighted by atomic mass is 32.2. The quantitative estimate of drug-likeness (QED) is 0.0952. The lowest BCUT2D eigenvalue weighted by Gasteiger charge is -2.32.